The molecule has 154 valence electrons. The maximum atomic E-state index is 13.2. The Morgan fingerprint density at radius 1 is 1.17 bits per heavy atom. The highest BCUT2D eigenvalue weighted by Gasteiger charge is 2.47. The summed E-state index contributed by atoms with van der Waals surface area (Å²) in [6, 6.07) is 15.9. The second kappa shape index (κ2) is 8.27. The van der Waals surface area contributed by atoms with Crippen LogP contribution in [0.15, 0.2) is 76.4 Å². The third-order valence-electron chi connectivity index (χ3n) is 5.46. The lowest BCUT2D eigenvalue weighted by Crippen LogP contribution is -2.34. The Morgan fingerprint density at radius 3 is 2.38 bits per heavy atom. The summed E-state index contributed by atoms with van der Waals surface area (Å²) in [6.07, 6.45) is -0.190. The molecule has 0 spiro atoms. The highest BCUT2D eigenvalue weighted by Crippen LogP contribution is 2.38. The fourth-order valence-corrected chi connectivity index (χ4v) is 4.82. The Hall–Kier alpha value is -2.21. The first-order valence-corrected chi connectivity index (χ1v) is 11.0. The molecule has 2 atom stereocenters. The van der Waals surface area contributed by atoms with E-state index in [1.54, 1.807) is 43.5 Å². The van der Waals surface area contributed by atoms with Gasteiger partial charge in [0.25, 0.3) is 0 Å². The van der Waals surface area contributed by atoms with Gasteiger partial charge in [0.05, 0.1) is 17.5 Å². The van der Waals surface area contributed by atoms with E-state index in [9.17, 15) is 13.5 Å². The Kier molecular flexibility index (Phi) is 6.13. The molecule has 2 unspecified atom stereocenters. The number of hydrogen-bond acceptors (Lipinski definition) is 4. The van der Waals surface area contributed by atoms with Crippen molar-refractivity contribution in [1.82, 2.24) is 4.31 Å². The number of aliphatic hydroxyl groups is 1. The van der Waals surface area contributed by atoms with Crippen LogP contribution >= 0.6 is 0 Å². The predicted octanol–water partition coefficient (Wildman–Crippen LogP) is 3.39. The average Bonchev–Trinajstić information content (AvgIpc) is 3.06. The van der Waals surface area contributed by atoms with Gasteiger partial charge in [0.2, 0.25) is 10.0 Å². The summed E-state index contributed by atoms with van der Waals surface area (Å²) in [5.74, 6) is 0. The lowest BCUT2D eigenvalue weighted by Gasteiger charge is -2.24. The van der Waals surface area contributed by atoms with Gasteiger partial charge >= 0.3 is 0 Å². The van der Waals surface area contributed by atoms with Gasteiger partial charge in [-0.25, -0.2) is 8.42 Å². The molecule has 1 fully saturated rings. The molecule has 1 N–H and O–H groups in total. The van der Waals surface area contributed by atoms with E-state index >= 15 is 0 Å². The standard InChI is InChI=1S/C23H27NO4S/c1-17-10-12-22(13-11-17)29(26,27)24-15-21(14-18(2)19(3)28-4)23(25,16-24)20-8-6-5-7-9-20/h5-13,19,25H,15-16H2,1-4H3. The number of benzene rings is 2. The van der Waals surface area contributed by atoms with Gasteiger partial charge in [0, 0.05) is 19.2 Å². The van der Waals surface area contributed by atoms with Crippen LogP contribution in [0, 0.1) is 6.92 Å². The Bertz CT molecular complexity index is 1040. The number of sulfonamides is 1. The maximum Gasteiger partial charge on any atom is 0.243 e. The molecule has 0 bridgehead atoms. The van der Waals surface area contributed by atoms with Gasteiger partial charge in [0.1, 0.15) is 5.60 Å². The normalized spacial score (nSPS) is 21.1. The third-order valence-corrected chi connectivity index (χ3v) is 7.27. The number of nitrogens with zero attached hydrogens (tertiary/aromatic N) is 1. The highest BCUT2D eigenvalue weighted by atomic mass is 32.2. The topological polar surface area (TPSA) is 66.8 Å². The van der Waals surface area contributed by atoms with Crippen molar-refractivity contribution in [3.8, 4) is 0 Å². The van der Waals surface area contributed by atoms with Crippen molar-refractivity contribution in [1.29, 1.82) is 0 Å². The van der Waals surface area contributed by atoms with E-state index < -0.39 is 15.6 Å². The molecule has 5 nitrogen and oxygen atoms in total. The number of aryl methyl sites for hydroxylation is 1. The van der Waals surface area contributed by atoms with Crippen LogP contribution in [0.25, 0.3) is 0 Å². The van der Waals surface area contributed by atoms with Gasteiger partial charge in [0.15, 0.2) is 0 Å². The molecule has 29 heavy (non-hydrogen) atoms. The molecule has 0 aromatic heterocycles. The van der Waals surface area contributed by atoms with Gasteiger partial charge in [-0.05, 0) is 44.0 Å². The second-order valence-electron chi connectivity index (χ2n) is 7.48. The van der Waals surface area contributed by atoms with Crippen molar-refractivity contribution < 1.29 is 18.3 Å². The van der Waals surface area contributed by atoms with Gasteiger partial charge in [-0.3, -0.25) is 0 Å². The van der Waals surface area contributed by atoms with Gasteiger partial charge in [-0.2, -0.15) is 4.31 Å². The minimum atomic E-state index is -3.76. The monoisotopic (exact) mass is 413 g/mol. The molecule has 2 aromatic rings. The first-order chi connectivity index (χ1) is 13.7. The molecule has 1 heterocycles. The molecule has 1 saturated heterocycles. The molecular weight excluding hydrogens is 386 g/mol. The van der Waals surface area contributed by atoms with E-state index in [0.29, 0.717) is 11.1 Å². The summed E-state index contributed by atoms with van der Waals surface area (Å²) in [6.45, 7) is 5.66. The Balaban J connectivity index is 2.11. The number of methoxy groups -OCH3 is 1. The highest BCUT2D eigenvalue weighted by molar-refractivity contribution is 7.89. The number of rotatable bonds is 5. The number of hydrogen-bond donors (Lipinski definition) is 1. The molecule has 6 heteroatoms. The quantitative estimate of drug-likeness (QED) is 0.763. The molecular formula is C23H27NO4S. The smallest absolute Gasteiger partial charge is 0.243 e. The van der Waals surface area contributed by atoms with E-state index in [1.165, 1.54) is 4.31 Å². The first-order valence-electron chi connectivity index (χ1n) is 9.53. The largest absolute Gasteiger partial charge is 0.379 e. The van der Waals surface area contributed by atoms with E-state index in [1.807, 2.05) is 39.0 Å². The van der Waals surface area contributed by atoms with Crippen LogP contribution < -0.4 is 0 Å². The van der Waals surface area contributed by atoms with Crippen molar-refractivity contribution in [2.75, 3.05) is 20.2 Å². The molecule has 0 aliphatic carbocycles. The minimum Gasteiger partial charge on any atom is -0.379 e. The fraction of sp³-hybridized carbons (Fsp3) is 0.348. The van der Waals surface area contributed by atoms with Crippen LogP contribution in [0.4, 0.5) is 0 Å². The Morgan fingerprint density at radius 2 is 1.79 bits per heavy atom. The van der Waals surface area contributed by atoms with Crippen molar-refractivity contribution >= 4 is 10.0 Å². The van der Waals surface area contributed by atoms with Crippen LogP contribution in [0.5, 0.6) is 0 Å². The zero-order chi connectivity index (χ0) is 21.2. The summed E-state index contributed by atoms with van der Waals surface area (Å²) in [5.41, 5.74) is 4.72. The number of ether oxygens (including phenoxy) is 1. The van der Waals surface area contributed by atoms with Gasteiger partial charge in [-0.15, -0.1) is 5.73 Å². The SMILES string of the molecule is COC(C)C(C)=C=C1CN(S(=O)(=O)c2ccc(C)cc2)CC1(O)c1ccccc1. The predicted molar refractivity (Wildman–Crippen MR) is 113 cm³/mol. The van der Waals surface area contributed by atoms with Crippen molar-refractivity contribution in [3.63, 3.8) is 0 Å². The lowest BCUT2D eigenvalue weighted by atomic mass is 9.88. The Labute approximate surface area is 173 Å². The van der Waals surface area contributed by atoms with Crippen LogP contribution in [0.1, 0.15) is 25.0 Å². The zero-order valence-corrected chi connectivity index (χ0v) is 18.0. The van der Waals surface area contributed by atoms with Gasteiger partial charge < -0.3 is 9.84 Å². The van der Waals surface area contributed by atoms with Crippen LogP contribution in [-0.4, -0.2) is 44.1 Å². The molecule has 0 saturated carbocycles. The average molecular weight is 414 g/mol. The molecule has 1 aliphatic heterocycles. The van der Waals surface area contributed by atoms with E-state index in [4.69, 9.17) is 4.74 Å². The van der Waals surface area contributed by atoms with E-state index in [-0.39, 0.29) is 24.1 Å². The van der Waals surface area contributed by atoms with Crippen molar-refractivity contribution in [2.45, 2.75) is 37.4 Å². The maximum absolute atomic E-state index is 13.2. The minimum absolute atomic E-state index is 0.0649. The summed E-state index contributed by atoms with van der Waals surface area (Å²) < 4.78 is 33.1. The number of β-amino-alcohol motifs (C(OH)–C–C–N with tert-alkyl or cyclic N) is 1. The van der Waals surface area contributed by atoms with Gasteiger partial charge in [-0.1, -0.05) is 48.0 Å². The summed E-state index contributed by atoms with van der Waals surface area (Å²) in [7, 11) is -2.15. The molecule has 0 amide bonds. The van der Waals surface area contributed by atoms with Crippen LogP contribution in [0.3, 0.4) is 0 Å². The summed E-state index contributed by atoms with van der Waals surface area (Å²) >= 11 is 0. The summed E-state index contributed by atoms with van der Waals surface area (Å²) in [4.78, 5) is 0.214. The molecule has 3 rings (SSSR count). The van der Waals surface area contributed by atoms with E-state index in [0.717, 1.165) is 11.1 Å². The third kappa shape index (κ3) is 4.22. The first kappa shape index (κ1) is 21.5. The molecule has 2 aromatic carbocycles. The van der Waals surface area contributed by atoms with E-state index in [2.05, 4.69) is 5.73 Å². The van der Waals surface area contributed by atoms with Crippen molar-refractivity contribution in [2.24, 2.45) is 0 Å². The lowest BCUT2D eigenvalue weighted by molar-refractivity contribution is 0.0869. The molecule has 0 radical (unpaired) electrons. The molecule has 1 aliphatic rings. The van der Waals surface area contributed by atoms with Crippen LogP contribution in [0.2, 0.25) is 0 Å². The zero-order valence-electron chi connectivity index (χ0n) is 17.2. The summed E-state index contributed by atoms with van der Waals surface area (Å²) in [5, 5.41) is 11.6. The second-order valence-corrected chi connectivity index (χ2v) is 9.41. The van der Waals surface area contributed by atoms with Crippen LogP contribution in [-0.2, 0) is 20.4 Å². The fourth-order valence-electron chi connectivity index (χ4n) is 3.38. The van der Waals surface area contributed by atoms with Crippen molar-refractivity contribution in [3.05, 3.63) is 82.6 Å².